The molecule has 0 saturated carbocycles. The van der Waals surface area contributed by atoms with Gasteiger partial charge < -0.3 is 15.1 Å². The van der Waals surface area contributed by atoms with Crippen molar-refractivity contribution in [3.8, 4) is 0 Å². The summed E-state index contributed by atoms with van der Waals surface area (Å²) in [6.45, 7) is 1.79. The van der Waals surface area contributed by atoms with Gasteiger partial charge in [-0.2, -0.15) is 0 Å². The lowest BCUT2D eigenvalue weighted by atomic mass is 10.1. The highest BCUT2D eigenvalue weighted by Gasteiger charge is 2.16. The van der Waals surface area contributed by atoms with Crippen LogP contribution in [-0.4, -0.2) is 14.9 Å². The Morgan fingerprint density at radius 1 is 1.29 bits per heavy atom. The van der Waals surface area contributed by atoms with Crippen LogP contribution in [-0.2, 0) is 0 Å². The van der Waals surface area contributed by atoms with Crippen LogP contribution in [0, 0.1) is 17.0 Å². The van der Waals surface area contributed by atoms with Crippen LogP contribution in [0.1, 0.15) is 5.69 Å². The molecule has 2 aromatic heterocycles. The van der Waals surface area contributed by atoms with Gasteiger partial charge in [-0.1, -0.05) is 18.2 Å². The Hall–Kier alpha value is -2.43. The van der Waals surface area contributed by atoms with Crippen molar-refractivity contribution < 1.29 is 4.92 Å². The van der Waals surface area contributed by atoms with Gasteiger partial charge in [0, 0.05) is 17.8 Å². The summed E-state index contributed by atoms with van der Waals surface area (Å²) < 4.78 is 0. The van der Waals surface area contributed by atoms with Crippen LogP contribution in [0.25, 0.3) is 21.8 Å². The largest absolute Gasteiger partial charge is 0.365 e. The summed E-state index contributed by atoms with van der Waals surface area (Å²) in [6, 6.07) is 9.27. The highest BCUT2D eigenvalue weighted by atomic mass is 16.6. The fourth-order valence-electron chi connectivity index (χ4n) is 2.14. The second-order valence-electron chi connectivity index (χ2n) is 3.92. The molecule has 2 heterocycles. The lowest BCUT2D eigenvalue weighted by Crippen LogP contribution is -1.93. The summed E-state index contributed by atoms with van der Waals surface area (Å²) in [5.74, 6) is -0.124. The Kier molecular flexibility index (Phi) is 1.89. The standard InChI is InChI=1S/C12H9N3O2/c1-7-12-8-4-2-3-5-9(8)14-10(12)6-11(13-7)15(16)17/h2-6,14H,1H3. The van der Waals surface area contributed by atoms with Crippen molar-refractivity contribution in [3.63, 3.8) is 0 Å². The molecule has 0 amide bonds. The van der Waals surface area contributed by atoms with E-state index in [0.29, 0.717) is 5.69 Å². The van der Waals surface area contributed by atoms with Crippen molar-refractivity contribution in [2.75, 3.05) is 0 Å². The number of aromatic nitrogens is 2. The van der Waals surface area contributed by atoms with Crippen LogP contribution in [0.5, 0.6) is 0 Å². The molecule has 3 rings (SSSR count). The molecule has 0 bridgehead atoms. The van der Waals surface area contributed by atoms with E-state index in [1.165, 1.54) is 6.07 Å². The quantitative estimate of drug-likeness (QED) is 0.513. The number of H-pyrrole nitrogens is 1. The fraction of sp³-hybridized carbons (Fsp3) is 0.0833. The minimum atomic E-state index is -0.474. The van der Waals surface area contributed by atoms with E-state index in [2.05, 4.69) is 9.97 Å². The number of hydrogen-bond acceptors (Lipinski definition) is 3. The summed E-state index contributed by atoms with van der Waals surface area (Å²) >= 11 is 0. The second kappa shape index (κ2) is 3.28. The summed E-state index contributed by atoms with van der Waals surface area (Å²) in [5, 5.41) is 12.7. The maximum absolute atomic E-state index is 10.7. The van der Waals surface area contributed by atoms with Crippen molar-refractivity contribution in [1.29, 1.82) is 0 Å². The molecule has 84 valence electrons. The number of nitro groups is 1. The predicted molar refractivity (Wildman–Crippen MR) is 65.0 cm³/mol. The molecule has 17 heavy (non-hydrogen) atoms. The SMILES string of the molecule is Cc1nc([N+](=O)[O-])cc2[nH]c3ccccc3c12. The minimum Gasteiger partial charge on any atom is -0.358 e. The highest BCUT2D eigenvalue weighted by Crippen LogP contribution is 2.29. The molecular weight excluding hydrogens is 218 g/mol. The molecule has 3 aromatic rings. The first-order chi connectivity index (χ1) is 8.16. The van der Waals surface area contributed by atoms with Gasteiger partial charge in [-0.05, 0) is 16.0 Å². The monoisotopic (exact) mass is 227 g/mol. The normalized spacial score (nSPS) is 11.1. The van der Waals surface area contributed by atoms with Gasteiger partial charge in [-0.3, -0.25) is 0 Å². The number of aryl methyl sites for hydroxylation is 1. The van der Waals surface area contributed by atoms with Crippen molar-refractivity contribution in [2.45, 2.75) is 6.92 Å². The number of nitrogens with zero attached hydrogens (tertiary/aromatic N) is 2. The Morgan fingerprint density at radius 3 is 2.82 bits per heavy atom. The van der Waals surface area contributed by atoms with Crippen LogP contribution >= 0.6 is 0 Å². The topological polar surface area (TPSA) is 71.8 Å². The van der Waals surface area contributed by atoms with E-state index in [0.717, 1.165) is 21.8 Å². The lowest BCUT2D eigenvalue weighted by Gasteiger charge is -1.95. The molecule has 0 fully saturated rings. The van der Waals surface area contributed by atoms with Gasteiger partial charge in [-0.15, -0.1) is 0 Å². The fourth-order valence-corrected chi connectivity index (χ4v) is 2.14. The number of aromatic amines is 1. The Bertz CT molecular complexity index is 746. The Morgan fingerprint density at radius 2 is 2.06 bits per heavy atom. The van der Waals surface area contributed by atoms with Crippen LogP contribution in [0.2, 0.25) is 0 Å². The summed E-state index contributed by atoms with van der Waals surface area (Å²) in [7, 11) is 0. The summed E-state index contributed by atoms with van der Waals surface area (Å²) in [6.07, 6.45) is 0. The molecule has 1 N–H and O–H groups in total. The molecule has 1 aromatic carbocycles. The third-order valence-corrected chi connectivity index (χ3v) is 2.84. The Labute approximate surface area is 96.2 Å². The van der Waals surface area contributed by atoms with E-state index in [-0.39, 0.29) is 5.82 Å². The average Bonchev–Trinajstić information content (AvgIpc) is 2.67. The molecule has 5 heteroatoms. The smallest absolute Gasteiger partial charge is 0.358 e. The third kappa shape index (κ3) is 1.36. The Balaban J connectivity index is 2.48. The maximum Gasteiger partial charge on any atom is 0.365 e. The number of rotatable bonds is 1. The number of para-hydroxylation sites is 1. The highest BCUT2D eigenvalue weighted by molar-refractivity contribution is 6.08. The van der Waals surface area contributed by atoms with Crippen molar-refractivity contribution in [1.82, 2.24) is 9.97 Å². The lowest BCUT2D eigenvalue weighted by molar-refractivity contribution is -0.389. The second-order valence-corrected chi connectivity index (χ2v) is 3.92. The molecular formula is C12H9N3O2. The molecule has 0 aliphatic heterocycles. The number of benzene rings is 1. The first-order valence-corrected chi connectivity index (χ1v) is 5.19. The number of nitrogens with one attached hydrogen (secondary N) is 1. The summed E-state index contributed by atoms with van der Waals surface area (Å²) in [4.78, 5) is 17.4. The zero-order valence-electron chi connectivity index (χ0n) is 9.10. The molecule has 0 unspecified atom stereocenters. The predicted octanol–water partition coefficient (Wildman–Crippen LogP) is 2.93. The van der Waals surface area contributed by atoms with Crippen LogP contribution < -0.4 is 0 Å². The summed E-state index contributed by atoms with van der Waals surface area (Å²) in [5.41, 5.74) is 2.39. The zero-order chi connectivity index (χ0) is 12.0. The number of hydrogen-bond donors (Lipinski definition) is 1. The maximum atomic E-state index is 10.7. The molecule has 0 radical (unpaired) electrons. The van der Waals surface area contributed by atoms with Crippen molar-refractivity contribution >= 4 is 27.6 Å². The third-order valence-electron chi connectivity index (χ3n) is 2.84. The van der Waals surface area contributed by atoms with Crippen LogP contribution in [0.3, 0.4) is 0 Å². The van der Waals surface area contributed by atoms with E-state index >= 15 is 0 Å². The number of pyridine rings is 1. The van der Waals surface area contributed by atoms with Crippen molar-refractivity contribution in [2.24, 2.45) is 0 Å². The van der Waals surface area contributed by atoms with Gasteiger partial charge in [0.1, 0.15) is 0 Å². The number of fused-ring (bicyclic) bond motifs is 3. The molecule has 5 nitrogen and oxygen atoms in total. The van der Waals surface area contributed by atoms with E-state index in [1.807, 2.05) is 24.3 Å². The first-order valence-electron chi connectivity index (χ1n) is 5.19. The zero-order valence-corrected chi connectivity index (χ0v) is 9.10. The molecule has 0 spiro atoms. The molecule has 0 aliphatic carbocycles. The minimum absolute atomic E-state index is 0.124. The van der Waals surface area contributed by atoms with Crippen LogP contribution in [0.15, 0.2) is 30.3 Å². The molecule has 0 saturated heterocycles. The molecule has 0 atom stereocenters. The van der Waals surface area contributed by atoms with E-state index in [1.54, 1.807) is 6.92 Å². The van der Waals surface area contributed by atoms with Gasteiger partial charge in [0.15, 0.2) is 5.69 Å². The van der Waals surface area contributed by atoms with E-state index in [9.17, 15) is 10.1 Å². The van der Waals surface area contributed by atoms with Gasteiger partial charge in [0.25, 0.3) is 0 Å². The van der Waals surface area contributed by atoms with E-state index < -0.39 is 4.92 Å². The van der Waals surface area contributed by atoms with Crippen LogP contribution in [0.4, 0.5) is 5.82 Å². The molecule has 0 aliphatic rings. The van der Waals surface area contributed by atoms with Gasteiger partial charge in [-0.25, -0.2) is 0 Å². The average molecular weight is 227 g/mol. The first kappa shape index (κ1) is 9.77. The van der Waals surface area contributed by atoms with Gasteiger partial charge >= 0.3 is 5.82 Å². The van der Waals surface area contributed by atoms with Gasteiger partial charge in [0.05, 0.1) is 17.0 Å². The van der Waals surface area contributed by atoms with E-state index in [4.69, 9.17) is 0 Å². The van der Waals surface area contributed by atoms with Crippen molar-refractivity contribution in [3.05, 3.63) is 46.1 Å². The van der Waals surface area contributed by atoms with Gasteiger partial charge in [0.2, 0.25) is 0 Å².